The van der Waals surface area contributed by atoms with Gasteiger partial charge in [0.05, 0.1) is 37.0 Å². The lowest BCUT2D eigenvalue weighted by molar-refractivity contribution is -0.118. The summed E-state index contributed by atoms with van der Waals surface area (Å²) in [5, 5.41) is 3.57. The fourth-order valence-electron chi connectivity index (χ4n) is 3.02. The first-order valence-corrected chi connectivity index (χ1v) is 10.4. The molecule has 5 nitrogen and oxygen atoms in total. The molecule has 0 saturated heterocycles. The van der Waals surface area contributed by atoms with Gasteiger partial charge in [0, 0.05) is 0 Å². The van der Waals surface area contributed by atoms with Gasteiger partial charge >= 0.3 is 0 Å². The standard InChI is InChI=1S/C23H20FN3O2S/c24-19-10-8-18(9-11-19)21-14-26-23(27(21)15-17-5-2-1-3-6-17)30-16-22(28)25-13-20-7-4-12-29-20/h1-12,14H,13,15-16H2,(H,25,28). The Morgan fingerprint density at radius 3 is 2.60 bits per heavy atom. The van der Waals surface area contributed by atoms with Gasteiger partial charge in [0.25, 0.3) is 0 Å². The fraction of sp³-hybridized carbons (Fsp3) is 0.130. The van der Waals surface area contributed by atoms with Crippen molar-refractivity contribution in [3.05, 3.63) is 96.3 Å². The molecule has 30 heavy (non-hydrogen) atoms. The molecule has 2 aromatic heterocycles. The van der Waals surface area contributed by atoms with Crippen LogP contribution in [0.3, 0.4) is 0 Å². The van der Waals surface area contributed by atoms with Crippen molar-refractivity contribution in [1.29, 1.82) is 0 Å². The predicted octanol–water partition coefficient (Wildman–Crippen LogP) is 4.74. The number of imidazole rings is 1. The van der Waals surface area contributed by atoms with E-state index in [1.807, 2.05) is 41.0 Å². The number of benzene rings is 2. The van der Waals surface area contributed by atoms with E-state index >= 15 is 0 Å². The van der Waals surface area contributed by atoms with E-state index in [-0.39, 0.29) is 17.5 Å². The van der Waals surface area contributed by atoms with E-state index in [1.165, 1.54) is 23.9 Å². The molecule has 0 aliphatic rings. The summed E-state index contributed by atoms with van der Waals surface area (Å²) in [6, 6.07) is 20.0. The van der Waals surface area contributed by atoms with E-state index in [1.54, 1.807) is 30.7 Å². The van der Waals surface area contributed by atoms with Crippen LogP contribution in [-0.4, -0.2) is 21.2 Å². The highest BCUT2D eigenvalue weighted by molar-refractivity contribution is 7.99. The minimum Gasteiger partial charge on any atom is -0.467 e. The Hall–Kier alpha value is -3.32. The van der Waals surface area contributed by atoms with Crippen molar-refractivity contribution in [2.45, 2.75) is 18.2 Å². The number of hydrogen-bond donors (Lipinski definition) is 1. The van der Waals surface area contributed by atoms with Gasteiger partial charge in [-0.25, -0.2) is 9.37 Å². The molecule has 2 aromatic carbocycles. The molecule has 4 rings (SSSR count). The molecule has 152 valence electrons. The maximum absolute atomic E-state index is 13.4. The summed E-state index contributed by atoms with van der Waals surface area (Å²) >= 11 is 1.37. The molecule has 7 heteroatoms. The second-order valence-electron chi connectivity index (χ2n) is 6.65. The molecule has 0 spiro atoms. The lowest BCUT2D eigenvalue weighted by Gasteiger charge is -2.12. The number of carbonyl (C=O) groups excluding carboxylic acids is 1. The number of furan rings is 1. The zero-order valence-electron chi connectivity index (χ0n) is 16.1. The van der Waals surface area contributed by atoms with Crippen molar-refractivity contribution < 1.29 is 13.6 Å². The van der Waals surface area contributed by atoms with Gasteiger partial charge in [-0.15, -0.1) is 0 Å². The molecule has 0 atom stereocenters. The number of aromatic nitrogens is 2. The van der Waals surface area contributed by atoms with Crippen LogP contribution in [0.4, 0.5) is 4.39 Å². The number of hydrogen-bond acceptors (Lipinski definition) is 4. The minimum atomic E-state index is -0.282. The highest BCUT2D eigenvalue weighted by Crippen LogP contribution is 2.27. The van der Waals surface area contributed by atoms with E-state index in [4.69, 9.17) is 4.42 Å². The fourth-order valence-corrected chi connectivity index (χ4v) is 3.83. The van der Waals surface area contributed by atoms with Crippen molar-refractivity contribution in [3.8, 4) is 11.3 Å². The van der Waals surface area contributed by atoms with E-state index in [0.717, 1.165) is 22.0 Å². The molecule has 0 saturated carbocycles. The predicted molar refractivity (Wildman–Crippen MR) is 114 cm³/mol. The number of amides is 1. The highest BCUT2D eigenvalue weighted by Gasteiger charge is 2.15. The topological polar surface area (TPSA) is 60.1 Å². The Balaban J connectivity index is 1.51. The summed E-state index contributed by atoms with van der Waals surface area (Å²) in [4.78, 5) is 16.8. The summed E-state index contributed by atoms with van der Waals surface area (Å²) in [5.74, 6) is 0.553. The van der Waals surface area contributed by atoms with Gasteiger partial charge in [-0.05, 0) is 47.5 Å². The van der Waals surface area contributed by atoms with Gasteiger partial charge in [-0.3, -0.25) is 4.79 Å². The molecule has 1 N–H and O–H groups in total. The maximum Gasteiger partial charge on any atom is 0.230 e. The summed E-state index contributed by atoms with van der Waals surface area (Å²) in [7, 11) is 0. The van der Waals surface area contributed by atoms with Crippen LogP contribution < -0.4 is 5.32 Å². The molecule has 1 amide bonds. The van der Waals surface area contributed by atoms with E-state index in [0.29, 0.717) is 18.8 Å². The van der Waals surface area contributed by atoms with E-state index < -0.39 is 0 Å². The number of nitrogens with one attached hydrogen (secondary N) is 1. The van der Waals surface area contributed by atoms with Crippen LogP contribution in [0.1, 0.15) is 11.3 Å². The summed E-state index contributed by atoms with van der Waals surface area (Å²) in [6.07, 6.45) is 3.34. The molecular formula is C23H20FN3O2S. The highest BCUT2D eigenvalue weighted by atomic mass is 32.2. The van der Waals surface area contributed by atoms with Gasteiger partial charge in [-0.1, -0.05) is 42.1 Å². The zero-order valence-corrected chi connectivity index (χ0v) is 16.9. The third kappa shape index (κ3) is 4.99. The van der Waals surface area contributed by atoms with E-state index in [2.05, 4.69) is 10.3 Å². The lowest BCUT2D eigenvalue weighted by Crippen LogP contribution is -2.24. The number of thioether (sulfide) groups is 1. The molecular weight excluding hydrogens is 401 g/mol. The molecule has 0 bridgehead atoms. The summed E-state index contributed by atoms with van der Waals surface area (Å²) in [5.41, 5.74) is 2.86. The first-order valence-electron chi connectivity index (χ1n) is 9.46. The average molecular weight is 421 g/mol. The second kappa shape index (κ2) is 9.45. The van der Waals surface area contributed by atoms with Crippen molar-refractivity contribution in [2.75, 3.05) is 5.75 Å². The Kier molecular flexibility index (Phi) is 6.29. The molecule has 0 radical (unpaired) electrons. The van der Waals surface area contributed by atoms with Gasteiger partial charge in [0.1, 0.15) is 11.6 Å². The summed E-state index contributed by atoms with van der Waals surface area (Å²) < 4.78 is 20.6. The molecule has 2 heterocycles. The Morgan fingerprint density at radius 2 is 1.87 bits per heavy atom. The number of rotatable bonds is 8. The van der Waals surface area contributed by atoms with Crippen LogP contribution in [0.5, 0.6) is 0 Å². The first kappa shape index (κ1) is 20.0. The normalized spacial score (nSPS) is 10.8. The molecule has 4 aromatic rings. The van der Waals surface area contributed by atoms with Gasteiger partial charge in [0.2, 0.25) is 5.91 Å². The van der Waals surface area contributed by atoms with Crippen molar-refractivity contribution in [1.82, 2.24) is 14.9 Å². The molecule has 0 fully saturated rings. The third-order valence-corrected chi connectivity index (χ3v) is 5.51. The Morgan fingerprint density at radius 1 is 1.07 bits per heavy atom. The van der Waals surface area contributed by atoms with Gasteiger partial charge in [0.15, 0.2) is 5.16 Å². The van der Waals surface area contributed by atoms with Crippen LogP contribution >= 0.6 is 11.8 Å². The van der Waals surface area contributed by atoms with Gasteiger partial charge < -0.3 is 14.3 Å². The average Bonchev–Trinajstić information content (AvgIpc) is 3.42. The Labute approximate surface area is 177 Å². The largest absolute Gasteiger partial charge is 0.467 e. The number of halogens is 1. The maximum atomic E-state index is 13.4. The zero-order chi connectivity index (χ0) is 20.8. The van der Waals surface area contributed by atoms with Crippen molar-refractivity contribution in [2.24, 2.45) is 0 Å². The smallest absolute Gasteiger partial charge is 0.230 e. The first-order chi connectivity index (χ1) is 14.7. The minimum absolute atomic E-state index is 0.103. The van der Waals surface area contributed by atoms with Crippen LogP contribution in [0.25, 0.3) is 11.3 Å². The SMILES string of the molecule is O=C(CSc1ncc(-c2ccc(F)cc2)n1Cc1ccccc1)NCc1ccco1. The Bertz CT molecular complexity index is 1090. The third-order valence-electron chi connectivity index (χ3n) is 4.51. The quantitative estimate of drug-likeness (QED) is 0.418. The van der Waals surface area contributed by atoms with Crippen LogP contribution in [0.2, 0.25) is 0 Å². The van der Waals surface area contributed by atoms with Crippen LogP contribution in [0, 0.1) is 5.82 Å². The molecule has 0 aliphatic carbocycles. The number of nitrogens with zero attached hydrogens (tertiary/aromatic N) is 2. The van der Waals surface area contributed by atoms with Crippen LogP contribution in [-0.2, 0) is 17.9 Å². The summed E-state index contributed by atoms with van der Waals surface area (Å²) in [6.45, 7) is 0.954. The molecule has 0 aliphatic heterocycles. The van der Waals surface area contributed by atoms with Crippen LogP contribution in [0.15, 0.2) is 88.8 Å². The lowest BCUT2D eigenvalue weighted by atomic mass is 10.1. The van der Waals surface area contributed by atoms with E-state index in [9.17, 15) is 9.18 Å². The monoisotopic (exact) mass is 421 g/mol. The van der Waals surface area contributed by atoms with Crippen molar-refractivity contribution >= 4 is 17.7 Å². The molecule has 0 unspecified atom stereocenters. The second-order valence-corrected chi connectivity index (χ2v) is 7.59. The van der Waals surface area contributed by atoms with Gasteiger partial charge in [-0.2, -0.15) is 0 Å². The van der Waals surface area contributed by atoms with Crippen molar-refractivity contribution in [3.63, 3.8) is 0 Å². The number of carbonyl (C=O) groups is 1.